The predicted octanol–water partition coefficient (Wildman–Crippen LogP) is 1.86. The highest BCUT2D eigenvalue weighted by molar-refractivity contribution is 5.73. The summed E-state index contributed by atoms with van der Waals surface area (Å²) in [5, 5.41) is 12.8. The molecule has 1 aliphatic rings. The quantitative estimate of drug-likeness (QED) is 0.785. The lowest BCUT2D eigenvalue weighted by Crippen LogP contribution is -2.39. The van der Waals surface area contributed by atoms with Gasteiger partial charge in [0, 0.05) is 31.2 Å². The van der Waals surface area contributed by atoms with Crippen LogP contribution in [-0.4, -0.2) is 47.8 Å². The van der Waals surface area contributed by atoms with Gasteiger partial charge in [0.15, 0.2) is 0 Å². The molecule has 0 spiro atoms. The summed E-state index contributed by atoms with van der Waals surface area (Å²) in [6.07, 6.45) is 0. The Hall–Kier alpha value is -2.34. The number of aryl methyl sites for hydroxylation is 1. The van der Waals surface area contributed by atoms with Crippen LogP contribution in [-0.2, 0) is 6.54 Å². The second-order valence-electron chi connectivity index (χ2n) is 6.60. The Balaban J connectivity index is 1.50. The van der Waals surface area contributed by atoms with E-state index in [1.54, 1.807) is 0 Å². The lowest BCUT2D eigenvalue weighted by molar-refractivity contribution is 0.238. The van der Waals surface area contributed by atoms with Crippen LogP contribution < -0.4 is 10.6 Å². The zero-order valence-electron chi connectivity index (χ0n) is 14.2. The minimum Gasteiger partial charge on any atom is -0.338 e. The molecule has 0 bridgehead atoms. The molecule has 1 aromatic heterocycles. The van der Waals surface area contributed by atoms with Crippen LogP contribution in [0, 0.1) is 12.8 Å². The minimum atomic E-state index is -0.142. The van der Waals surface area contributed by atoms with Crippen LogP contribution in [0.5, 0.6) is 0 Å². The van der Waals surface area contributed by atoms with Gasteiger partial charge in [0.2, 0.25) is 0 Å². The molecule has 1 saturated heterocycles. The van der Waals surface area contributed by atoms with Gasteiger partial charge in [-0.15, -0.1) is 0 Å². The number of hydrogen-bond donors (Lipinski definition) is 3. The summed E-state index contributed by atoms with van der Waals surface area (Å²) < 4.78 is 0. The van der Waals surface area contributed by atoms with Crippen molar-refractivity contribution >= 4 is 6.03 Å². The van der Waals surface area contributed by atoms with Gasteiger partial charge >= 0.3 is 6.03 Å². The van der Waals surface area contributed by atoms with Crippen molar-refractivity contribution in [2.45, 2.75) is 19.4 Å². The molecule has 1 aromatic carbocycles. The van der Waals surface area contributed by atoms with E-state index >= 15 is 0 Å². The van der Waals surface area contributed by atoms with Crippen molar-refractivity contribution in [2.24, 2.45) is 5.92 Å². The fraction of sp³-hybridized carbons (Fsp3) is 0.444. The van der Waals surface area contributed by atoms with Crippen LogP contribution in [0.15, 0.2) is 36.4 Å². The number of carbonyl (C=O) groups is 1. The van der Waals surface area contributed by atoms with E-state index < -0.39 is 0 Å². The highest BCUT2D eigenvalue weighted by atomic mass is 16.2. The fourth-order valence-electron chi connectivity index (χ4n) is 3.39. The number of likely N-dealkylation sites (tertiary alicyclic amines) is 1. The molecule has 128 valence electrons. The second kappa shape index (κ2) is 7.49. The van der Waals surface area contributed by atoms with E-state index in [1.807, 2.05) is 19.1 Å². The third-order valence-corrected chi connectivity index (χ3v) is 4.57. The molecule has 0 radical (unpaired) electrons. The van der Waals surface area contributed by atoms with Crippen molar-refractivity contribution in [3.05, 3.63) is 53.3 Å². The zero-order valence-corrected chi connectivity index (χ0v) is 14.2. The monoisotopic (exact) mass is 327 g/mol. The standard InChI is InChI=1S/C18H25N5O/c1-13-8-16(22-21-13)10-20-18(24)19-9-15-11-23(2)12-17(15)14-6-4-3-5-7-14/h3-8,15,17H,9-12H2,1-2H3,(H,21,22)(H2,19,20,24)/t15-,17+/m1/s1. The van der Waals surface area contributed by atoms with E-state index in [0.717, 1.165) is 24.5 Å². The number of nitrogens with one attached hydrogen (secondary N) is 3. The molecule has 3 rings (SSSR count). The number of aromatic amines is 1. The molecule has 6 nitrogen and oxygen atoms in total. The normalized spacial score (nSPS) is 20.9. The Kier molecular flexibility index (Phi) is 5.15. The van der Waals surface area contributed by atoms with Gasteiger partial charge in [0.05, 0.1) is 12.2 Å². The van der Waals surface area contributed by atoms with E-state index in [0.29, 0.717) is 24.9 Å². The molecule has 1 aliphatic heterocycles. The van der Waals surface area contributed by atoms with Crippen LogP contribution in [0.2, 0.25) is 0 Å². The van der Waals surface area contributed by atoms with Gasteiger partial charge < -0.3 is 15.5 Å². The Morgan fingerprint density at radius 3 is 2.79 bits per heavy atom. The highest BCUT2D eigenvalue weighted by Crippen LogP contribution is 2.31. The van der Waals surface area contributed by atoms with Gasteiger partial charge in [0.1, 0.15) is 0 Å². The third kappa shape index (κ3) is 4.14. The first kappa shape index (κ1) is 16.5. The Morgan fingerprint density at radius 1 is 1.29 bits per heavy atom. The Morgan fingerprint density at radius 2 is 2.08 bits per heavy atom. The molecule has 2 atom stereocenters. The van der Waals surface area contributed by atoms with Crippen molar-refractivity contribution in [3.63, 3.8) is 0 Å². The number of hydrogen-bond acceptors (Lipinski definition) is 3. The number of likely N-dealkylation sites (N-methyl/N-ethyl adjacent to an activating group) is 1. The van der Waals surface area contributed by atoms with Crippen molar-refractivity contribution in [1.29, 1.82) is 0 Å². The topological polar surface area (TPSA) is 73.1 Å². The molecule has 0 aliphatic carbocycles. The van der Waals surface area contributed by atoms with Gasteiger partial charge in [-0.2, -0.15) is 5.10 Å². The number of aromatic nitrogens is 2. The highest BCUT2D eigenvalue weighted by Gasteiger charge is 2.31. The maximum Gasteiger partial charge on any atom is 0.315 e. The summed E-state index contributed by atoms with van der Waals surface area (Å²) >= 11 is 0. The third-order valence-electron chi connectivity index (χ3n) is 4.57. The number of amides is 2. The van der Waals surface area contributed by atoms with Crippen molar-refractivity contribution in [2.75, 3.05) is 26.7 Å². The van der Waals surface area contributed by atoms with Crippen LogP contribution in [0.1, 0.15) is 22.9 Å². The lowest BCUT2D eigenvalue weighted by atomic mass is 9.89. The number of H-pyrrole nitrogens is 1. The van der Waals surface area contributed by atoms with Gasteiger partial charge in [-0.05, 0) is 31.5 Å². The fourth-order valence-corrected chi connectivity index (χ4v) is 3.39. The first-order valence-corrected chi connectivity index (χ1v) is 8.38. The van der Waals surface area contributed by atoms with Crippen LogP contribution in [0.25, 0.3) is 0 Å². The first-order valence-electron chi connectivity index (χ1n) is 8.38. The number of urea groups is 1. The summed E-state index contributed by atoms with van der Waals surface area (Å²) in [5.74, 6) is 0.890. The summed E-state index contributed by atoms with van der Waals surface area (Å²) in [4.78, 5) is 14.4. The second-order valence-corrected chi connectivity index (χ2v) is 6.60. The molecular formula is C18H25N5O. The SMILES string of the molecule is Cc1cc(CNC(=O)NC[C@@H]2CN(C)C[C@H]2c2ccccc2)n[nH]1. The van der Waals surface area contributed by atoms with Crippen LogP contribution in [0.3, 0.4) is 0 Å². The van der Waals surface area contributed by atoms with Crippen LogP contribution >= 0.6 is 0 Å². The minimum absolute atomic E-state index is 0.142. The number of carbonyl (C=O) groups excluding carboxylic acids is 1. The summed E-state index contributed by atoms with van der Waals surface area (Å²) in [6.45, 7) is 5.08. The maximum absolute atomic E-state index is 12.0. The number of rotatable bonds is 5. The molecule has 1 fully saturated rings. The summed E-state index contributed by atoms with van der Waals surface area (Å²) in [6, 6.07) is 12.3. The summed E-state index contributed by atoms with van der Waals surface area (Å²) in [7, 11) is 2.13. The van der Waals surface area contributed by atoms with E-state index in [1.165, 1.54) is 5.56 Å². The Bertz CT molecular complexity index is 669. The van der Waals surface area contributed by atoms with E-state index in [9.17, 15) is 4.79 Å². The van der Waals surface area contributed by atoms with Crippen molar-refractivity contribution < 1.29 is 4.79 Å². The molecule has 2 aromatic rings. The molecule has 3 N–H and O–H groups in total. The molecule has 2 amide bonds. The van der Waals surface area contributed by atoms with Crippen molar-refractivity contribution in [3.8, 4) is 0 Å². The van der Waals surface area contributed by atoms with E-state index in [2.05, 4.69) is 57.0 Å². The average Bonchev–Trinajstić information content (AvgIpc) is 3.17. The smallest absolute Gasteiger partial charge is 0.315 e. The van der Waals surface area contributed by atoms with Crippen LogP contribution in [0.4, 0.5) is 4.79 Å². The predicted molar refractivity (Wildman–Crippen MR) is 93.7 cm³/mol. The molecule has 2 heterocycles. The average molecular weight is 327 g/mol. The van der Waals surface area contributed by atoms with Crippen molar-refractivity contribution in [1.82, 2.24) is 25.7 Å². The van der Waals surface area contributed by atoms with E-state index in [-0.39, 0.29) is 6.03 Å². The van der Waals surface area contributed by atoms with Gasteiger partial charge in [-0.25, -0.2) is 4.79 Å². The maximum atomic E-state index is 12.0. The Labute approximate surface area is 142 Å². The zero-order chi connectivity index (χ0) is 16.9. The van der Waals surface area contributed by atoms with E-state index in [4.69, 9.17) is 0 Å². The first-order chi connectivity index (χ1) is 11.6. The molecular weight excluding hydrogens is 302 g/mol. The lowest BCUT2D eigenvalue weighted by Gasteiger charge is -2.19. The van der Waals surface area contributed by atoms with Gasteiger partial charge in [0.25, 0.3) is 0 Å². The summed E-state index contributed by atoms with van der Waals surface area (Å²) in [5.41, 5.74) is 3.18. The number of benzene rings is 1. The van der Waals surface area contributed by atoms with Gasteiger partial charge in [-0.1, -0.05) is 30.3 Å². The molecule has 0 saturated carbocycles. The molecule has 24 heavy (non-hydrogen) atoms. The largest absolute Gasteiger partial charge is 0.338 e. The molecule has 0 unspecified atom stereocenters. The number of nitrogens with zero attached hydrogens (tertiary/aromatic N) is 2. The molecule has 6 heteroatoms. The van der Waals surface area contributed by atoms with Gasteiger partial charge in [-0.3, -0.25) is 5.10 Å².